The van der Waals surface area contributed by atoms with Gasteiger partial charge in [-0.15, -0.1) is 12.4 Å². The molecule has 0 heterocycles. The summed E-state index contributed by atoms with van der Waals surface area (Å²) in [6.07, 6.45) is 4.09. The fraction of sp³-hybridized carbons (Fsp3) is 0.200. The quantitative estimate of drug-likeness (QED) is 0.0956. The van der Waals surface area contributed by atoms with Gasteiger partial charge in [0.05, 0.1) is 54.6 Å². The highest BCUT2D eigenvalue weighted by Crippen LogP contribution is 2.42. The van der Waals surface area contributed by atoms with E-state index in [0.29, 0.717) is 0 Å². The molecule has 5 N–H and O–H groups in total. The highest BCUT2D eigenvalue weighted by atomic mass is 35.5. The van der Waals surface area contributed by atoms with Gasteiger partial charge >= 0.3 is 5.97 Å². The van der Waals surface area contributed by atoms with Crippen LogP contribution in [0.15, 0.2) is 91.4 Å². The Morgan fingerprint density at radius 2 is 1.35 bits per heavy atom. The first kappa shape index (κ1) is 42.1. The molecule has 15 nitrogen and oxygen atoms in total. The number of methoxy groups -OCH3 is 2. The van der Waals surface area contributed by atoms with Gasteiger partial charge in [0.1, 0.15) is 25.4 Å². The van der Waals surface area contributed by atoms with Crippen LogP contribution in [0.1, 0.15) is 27.1 Å². The number of benzene rings is 3. The number of amides is 2. The number of nitrogens with one attached hydrogen (secondary N) is 3. The number of halogens is 1. The number of nitrogens with two attached hydrogens (primary N) is 1. The average molecular weight is 756 g/mol. The van der Waals surface area contributed by atoms with E-state index in [4.69, 9.17) is 34.7 Å². The van der Waals surface area contributed by atoms with E-state index in [0.717, 1.165) is 0 Å². The first-order valence-corrected chi connectivity index (χ1v) is 16.5. The van der Waals surface area contributed by atoms with Gasteiger partial charge in [0.15, 0.2) is 23.0 Å². The standard InChI is InChI=1S/C35H37N5O10S.ClH/c1-6-19-48-29-24(33(41)39-27-15-14-25(35(43)50-21-8-3)30(31(27)46-4)49-20-7-2)13-16-28(32(29)47-5)40-51(44,45)23-11-9-22(10-12-23)38-34(42)26(37)17-18-36;/h6-16,26,40H,1-3,17,19-21,37H2,4-5H3,(H,38,42)(H,39,41);1H/t26-;/m0./s1. The zero-order valence-electron chi connectivity index (χ0n) is 28.3. The maximum Gasteiger partial charge on any atom is 0.342 e. The molecule has 276 valence electrons. The number of sulfonamides is 1. The molecule has 1 atom stereocenters. The fourth-order valence-electron chi connectivity index (χ4n) is 4.37. The second-order valence-electron chi connectivity index (χ2n) is 10.2. The summed E-state index contributed by atoms with van der Waals surface area (Å²) in [6, 6.07) is 11.4. The van der Waals surface area contributed by atoms with Crippen LogP contribution < -0.4 is 40.0 Å². The number of anilines is 3. The van der Waals surface area contributed by atoms with Crippen LogP contribution in [0, 0.1) is 11.3 Å². The summed E-state index contributed by atoms with van der Waals surface area (Å²) in [7, 11) is -1.65. The molecule has 0 saturated heterocycles. The number of hydrogen-bond acceptors (Lipinski definition) is 12. The van der Waals surface area contributed by atoms with Gasteiger partial charge in [-0.1, -0.05) is 38.0 Å². The smallest absolute Gasteiger partial charge is 0.342 e. The Hall–Kier alpha value is -6.02. The van der Waals surface area contributed by atoms with E-state index in [-0.39, 0.29) is 94.7 Å². The van der Waals surface area contributed by atoms with Gasteiger partial charge in [-0.25, -0.2) is 13.2 Å². The number of carbonyl (C=O) groups excluding carboxylic acids is 3. The molecule has 0 aliphatic carbocycles. The van der Waals surface area contributed by atoms with Crippen molar-refractivity contribution in [3.63, 3.8) is 0 Å². The summed E-state index contributed by atoms with van der Waals surface area (Å²) in [4.78, 5) is 38.4. The van der Waals surface area contributed by atoms with E-state index in [1.165, 1.54) is 81.0 Å². The first-order chi connectivity index (χ1) is 24.5. The molecule has 17 heteroatoms. The molecule has 0 aliphatic heterocycles. The maximum atomic E-state index is 13.7. The van der Waals surface area contributed by atoms with Crippen molar-refractivity contribution in [3.8, 4) is 29.1 Å². The van der Waals surface area contributed by atoms with E-state index < -0.39 is 33.8 Å². The lowest BCUT2D eigenvalue weighted by Gasteiger charge is -2.20. The predicted molar refractivity (Wildman–Crippen MR) is 197 cm³/mol. The van der Waals surface area contributed by atoms with Crippen LogP contribution in [0.25, 0.3) is 0 Å². The average Bonchev–Trinajstić information content (AvgIpc) is 3.11. The topological polar surface area (TPSA) is 217 Å². The molecule has 52 heavy (non-hydrogen) atoms. The molecule has 0 aromatic heterocycles. The largest absolute Gasteiger partial charge is 0.491 e. The molecule has 0 bridgehead atoms. The van der Waals surface area contributed by atoms with Crippen LogP contribution in [-0.2, 0) is 19.6 Å². The molecule has 0 radical (unpaired) electrons. The second kappa shape index (κ2) is 20.0. The molecule has 2 amide bonds. The summed E-state index contributed by atoms with van der Waals surface area (Å²) >= 11 is 0. The lowest BCUT2D eigenvalue weighted by Crippen LogP contribution is -2.35. The van der Waals surface area contributed by atoms with Crippen molar-refractivity contribution >= 4 is 57.3 Å². The molecule has 0 unspecified atom stereocenters. The van der Waals surface area contributed by atoms with E-state index in [9.17, 15) is 22.8 Å². The summed E-state index contributed by atoms with van der Waals surface area (Å²) in [5.41, 5.74) is 5.93. The molecule has 0 spiro atoms. The number of esters is 1. The van der Waals surface area contributed by atoms with Crippen molar-refractivity contribution in [2.24, 2.45) is 5.73 Å². The number of ether oxygens (including phenoxy) is 5. The maximum absolute atomic E-state index is 13.7. The molecule has 3 aromatic rings. The number of carbonyl (C=O) groups is 3. The number of nitriles is 1. The van der Waals surface area contributed by atoms with Crippen molar-refractivity contribution in [2.75, 3.05) is 49.4 Å². The molecular weight excluding hydrogens is 718 g/mol. The van der Waals surface area contributed by atoms with Crippen molar-refractivity contribution in [1.82, 2.24) is 0 Å². The fourth-order valence-corrected chi connectivity index (χ4v) is 5.43. The van der Waals surface area contributed by atoms with Crippen molar-refractivity contribution < 1.29 is 46.5 Å². The normalized spacial score (nSPS) is 10.9. The Kier molecular flexibility index (Phi) is 16.2. The Bertz CT molecular complexity index is 1950. The third kappa shape index (κ3) is 10.5. The lowest BCUT2D eigenvalue weighted by molar-refractivity contribution is -0.117. The van der Waals surface area contributed by atoms with Crippen LogP contribution in [0.2, 0.25) is 0 Å². The minimum Gasteiger partial charge on any atom is -0.491 e. The van der Waals surface area contributed by atoms with Crippen LogP contribution in [-0.4, -0.2) is 66.3 Å². The third-order valence-corrected chi connectivity index (χ3v) is 8.07. The van der Waals surface area contributed by atoms with E-state index in [1.807, 2.05) is 0 Å². The van der Waals surface area contributed by atoms with Crippen LogP contribution in [0.4, 0.5) is 17.1 Å². The molecule has 0 aliphatic rings. The van der Waals surface area contributed by atoms with Gasteiger partial charge in [-0.3, -0.25) is 14.3 Å². The highest BCUT2D eigenvalue weighted by molar-refractivity contribution is 7.92. The van der Waals surface area contributed by atoms with Crippen LogP contribution in [0.5, 0.6) is 23.0 Å². The molecule has 3 rings (SSSR count). The zero-order valence-corrected chi connectivity index (χ0v) is 29.9. The minimum absolute atomic E-state index is 0. The minimum atomic E-state index is -4.24. The summed E-state index contributed by atoms with van der Waals surface area (Å²) in [6.45, 7) is 10.7. The molecule has 0 saturated carbocycles. The Morgan fingerprint density at radius 1 is 0.808 bits per heavy atom. The third-order valence-electron chi connectivity index (χ3n) is 6.69. The Morgan fingerprint density at radius 3 is 1.90 bits per heavy atom. The second-order valence-corrected chi connectivity index (χ2v) is 11.9. The molecule has 0 fully saturated rings. The highest BCUT2D eigenvalue weighted by Gasteiger charge is 2.27. The summed E-state index contributed by atoms with van der Waals surface area (Å²) in [5, 5.41) is 14.0. The monoisotopic (exact) mass is 755 g/mol. The SMILES string of the molecule is C=CCOC(=O)c1ccc(NC(=O)c2ccc(NS(=O)(=O)c3ccc(NC(=O)[C@@H](N)CC#N)cc3)c(OC)c2OCC=C)c(OC)c1OCC=C.Cl. The van der Waals surface area contributed by atoms with Gasteiger partial charge in [-0.2, -0.15) is 5.26 Å². The van der Waals surface area contributed by atoms with Crippen molar-refractivity contribution in [1.29, 1.82) is 5.26 Å². The number of nitrogens with zero attached hydrogens (tertiary/aromatic N) is 1. The molecular formula is C35H38ClN5O10S. The van der Waals surface area contributed by atoms with Crippen molar-refractivity contribution in [3.05, 3.63) is 97.6 Å². The van der Waals surface area contributed by atoms with Crippen LogP contribution >= 0.6 is 12.4 Å². The van der Waals surface area contributed by atoms with Gasteiger partial charge in [-0.05, 0) is 48.5 Å². The van der Waals surface area contributed by atoms with Crippen LogP contribution in [0.3, 0.4) is 0 Å². The summed E-state index contributed by atoms with van der Waals surface area (Å²) < 4.78 is 56.9. The van der Waals surface area contributed by atoms with Gasteiger partial charge in [0.25, 0.3) is 15.9 Å². The number of hydrogen-bond donors (Lipinski definition) is 4. The predicted octanol–water partition coefficient (Wildman–Crippen LogP) is 4.83. The van der Waals surface area contributed by atoms with Gasteiger partial charge < -0.3 is 40.1 Å². The van der Waals surface area contributed by atoms with Crippen molar-refractivity contribution in [2.45, 2.75) is 17.4 Å². The Balaban J connectivity index is 0.00000936. The summed E-state index contributed by atoms with van der Waals surface area (Å²) in [5.74, 6) is -2.27. The van der Waals surface area contributed by atoms with E-state index in [1.54, 1.807) is 6.07 Å². The van der Waals surface area contributed by atoms with Gasteiger partial charge in [0.2, 0.25) is 5.91 Å². The Labute approximate surface area is 307 Å². The molecule has 3 aromatic carbocycles. The number of rotatable bonds is 19. The lowest BCUT2D eigenvalue weighted by atomic mass is 10.1. The van der Waals surface area contributed by atoms with Gasteiger partial charge in [0, 0.05) is 5.69 Å². The zero-order chi connectivity index (χ0) is 37.6. The van der Waals surface area contributed by atoms with E-state index in [2.05, 4.69) is 35.1 Å². The van der Waals surface area contributed by atoms with E-state index >= 15 is 0 Å². The first-order valence-electron chi connectivity index (χ1n) is 15.0.